The first-order chi connectivity index (χ1) is 4.55. The van der Waals surface area contributed by atoms with Crippen molar-refractivity contribution in [2.45, 2.75) is 34.6 Å². The van der Waals surface area contributed by atoms with Crippen LogP contribution in [0.3, 0.4) is 0 Å². The van der Waals surface area contributed by atoms with Crippen LogP contribution in [0.25, 0.3) is 0 Å². The minimum absolute atomic E-state index is 0. The van der Waals surface area contributed by atoms with Gasteiger partial charge in [0, 0.05) is 0 Å². The van der Waals surface area contributed by atoms with Gasteiger partial charge >= 0.3 is 25.8 Å². The SMILES string of the molecule is Cc1c(C)c(C)[c-](C)c1C.[Br-].[Br-].[Br-].[Hf+4]. The third kappa shape index (κ3) is 4.67. The van der Waals surface area contributed by atoms with Crippen LogP contribution >= 0.6 is 0 Å². The summed E-state index contributed by atoms with van der Waals surface area (Å²) in [5, 5.41) is 0. The largest absolute Gasteiger partial charge is 4.00 e. The number of hydrogen-bond acceptors (Lipinski definition) is 0. The van der Waals surface area contributed by atoms with Crippen LogP contribution in [0.5, 0.6) is 0 Å². The summed E-state index contributed by atoms with van der Waals surface area (Å²) < 4.78 is 0. The van der Waals surface area contributed by atoms with Crippen LogP contribution in [-0.4, -0.2) is 0 Å². The Kier molecular flexibility index (Phi) is 17.4. The maximum atomic E-state index is 2.20. The summed E-state index contributed by atoms with van der Waals surface area (Å²) in [5.74, 6) is 0. The van der Waals surface area contributed by atoms with Gasteiger partial charge in [-0.1, -0.05) is 34.6 Å². The molecule has 0 saturated heterocycles. The first-order valence-electron chi connectivity index (χ1n) is 3.75. The van der Waals surface area contributed by atoms with Crippen LogP contribution in [0.4, 0.5) is 0 Å². The zero-order valence-corrected chi connectivity index (χ0v) is 17.5. The number of hydrogen-bond donors (Lipinski definition) is 0. The summed E-state index contributed by atoms with van der Waals surface area (Å²) in [7, 11) is 0. The molecule has 0 aromatic heterocycles. The normalized spacial score (nSPS) is 7.50. The topological polar surface area (TPSA) is 0 Å². The van der Waals surface area contributed by atoms with Gasteiger partial charge in [-0.3, -0.25) is 0 Å². The van der Waals surface area contributed by atoms with E-state index in [1.165, 1.54) is 27.8 Å². The van der Waals surface area contributed by atoms with Crippen LogP contribution in [0.1, 0.15) is 27.8 Å². The maximum Gasteiger partial charge on any atom is 4.00 e. The predicted octanol–water partition coefficient (Wildman–Crippen LogP) is -6.04. The Morgan fingerprint density at radius 1 is 0.714 bits per heavy atom. The molecule has 80 valence electrons. The molecule has 0 heterocycles. The molecule has 0 radical (unpaired) electrons. The van der Waals surface area contributed by atoms with Gasteiger partial charge in [0.15, 0.2) is 0 Å². The van der Waals surface area contributed by atoms with Crippen LogP contribution in [-0.2, 0) is 25.8 Å². The van der Waals surface area contributed by atoms with Crippen molar-refractivity contribution in [1.29, 1.82) is 0 Å². The Hall–Kier alpha value is 1.66. The molecule has 1 rings (SSSR count). The van der Waals surface area contributed by atoms with Crippen LogP contribution in [0.15, 0.2) is 0 Å². The molecule has 1 aromatic carbocycles. The van der Waals surface area contributed by atoms with Crippen LogP contribution in [0, 0.1) is 34.6 Å². The Balaban J connectivity index is -0.000000125. The predicted molar refractivity (Wildman–Crippen MR) is 45.7 cm³/mol. The molecule has 0 spiro atoms. The fraction of sp³-hybridized carbons (Fsp3) is 0.500. The van der Waals surface area contributed by atoms with E-state index in [1.54, 1.807) is 0 Å². The minimum Gasteiger partial charge on any atom is -1.00 e. The summed E-state index contributed by atoms with van der Waals surface area (Å²) in [6.45, 7) is 11.0. The number of halogens is 3. The average Bonchev–Trinajstić information content (AvgIpc) is 2.07. The second kappa shape index (κ2) is 9.86. The van der Waals surface area contributed by atoms with Crippen molar-refractivity contribution in [1.82, 2.24) is 0 Å². The summed E-state index contributed by atoms with van der Waals surface area (Å²) in [4.78, 5) is 0. The zero-order chi connectivity index (χ0) is 7.89. The van der Waals surface area contributed by atoms with E-state index in [1.807, 2.05) is 0 Å². The molecule has 4 heteroatoms. The summed E-state index contributed by atoms with van der Waals surface area (Å²) in [6, 6.07) is 0. The summed E-state index contributed by atoms with van der Waals surface area (Å²) >= 11 is 0. The molecular weight excluding hydrogens is 538 g/mol. The fourth-order valence-electron chi connectivity index (χ4n) is 1.41. The van der Waals surface area contributed by atoms with E-state index in [2.05, 4.69) is 34.6 Å². The standard InChI is InChI=1S/C10H15.3BrH.Hf/c1-6-7(2)9(4)10(5)8(6)3;;;;/h1-5H3;3*1H;/q-1;;;;+4/p-3. The van der Waals surface area contributed by atoms with E-state index in [-0.39, 0.29) is 76.8 Å². The number of rotatable bonds is 0. The smallest absolute Gasteiger partial charge is 1.00 e. The minimum atomic E-state index is 0. The van der Waals surface area contributed by atoms with Crippen molar-refractivity contribution in [3.8, 4) is 0 Å². The Morgan fingerprint density at radius 3 is 1.00 bits per heavy atom. The van der Waals surface area contributed by atoms with Crippen molar-refractivity contribution in [3.63, 3.8) is 0 Å². The Labute approximate surface area is 138 Å². The van der Waals surface area contributed by atoms with Crippen molar-refractivity contribution in [2.24, 2.45) is 0 Å². The van der Waals surface area contributed by atoms with Gasteiger partial charge < -0.3 is 50.9 Å². The van der Waals surface area contributed by atoms with Gasteiger partial charge in [0.1, 0.15) is 0 Å². The zero-order valence-electron chi connectivity index (χ0n) is 9.13. The van der Waals surface area contributed by atoms with E-state index in [9.17, 15) is 0 Å². The van der Waals surface area contributed by atoms with Gasteiger partial charge in [-0.05, 0) is 0 Å². The summed E-state index contributed by atoms with van der Waals surface area (Å²) in [5.41, 5.74) is 7.34. The van der Waals surface area contributed by atoms with Gasteiger partial charge in [0.2, 0.25) is 0 Å². The first-order valence-corrected chi connectivity index (χ1v) is 3.75. The van der Waals surface area contributed by atoms with Crippen molar-refractivity contribution in [2.75, 3.05) is 0 Å². The second-order valence-corrected chi connectivity index (χ2v) is 3.12. The van der Waals surface area contributed by atoms with Crippen LogP contribution in [0.2, 0.25) is 0 Å². The molecular formula is C10H15Br3Hf. The molecule has 0 bridgehead atoms. The van der Waals surface area contributed by atoms with Gasteiger partial charge in [-0.15, -0.1) is 0 Å². The fourth-order valence-corrected chi connectivity index (χ4v) is 1.41. The van der Waals surface area contributed by atoms with E-state index in [0.717, 1.165) is 0 Å². The van der Waals surface area contributed by atoms with Crippen molar-refractivity contribution in [3.05, 3.63) is 27.8 Å². The molecule has 0 unspecified atom stereocenters. The molecule has 0 nitrogen and oxygen atoms in total. The Bertz CT molecular complexity index is 187. The molecule has 0 aliphatic rings. The van der Waals surface area contributed by atoms with Gasteiger partial charge in [0.05, 0.1) is 0 Å². The molecule has 0 fully saturated rings. The molecule has 0 amide bonds. The van der Waals surface area contributed by atoms with Gasteiger partial charge in [-0.2, -0.15) is 27.8 Å². The van der Waals surface area contributed by atoms with Crippen LogP contribution < -0.4 is 50.9 Å². The molecule has 0 aliphatic carbocycles. The van der Waals surface area contributed by atoms with Crippen molar-refractivity contribution < 1.29 is 76.8 Å². The van der Waals surface area contributed by atoms with E-state index < -0.39 is 0 Å². The molecule has 0 aliphatic heterocycles. The summed E-state index contributed by atoms with van der Waals surface area (Å²) in [6.07, 6.45) is 0. The van der Waals surface area contributed by atoms with Crippen molar-refractivity contribution >= 4 is 0 Å². The monoisotopic (exact) mass is 552 g/mol. The molecule has 0 N–H and O–H groups in total. The quantitative estimate of drug-likeness (QED) is 0.222. The maximum absolute atomic E-state index is 2.20. The second-order valence-electron chi connectivity index (χ2n) is 3.12. The third-order valence-electron chi connectivity index (χ3n) is 2.81. The first kappa shape index (κ1) is 24.8. The van der Waals surface area contributed by atoms with Gasteiger partial charge in [-0.25, -0.2) is 0 Å². The molecule has 0 atom stereocenters. The van der Waals surface area contributed by atoms with E-state index in [0.29, 0.717) is 0 Å². The Morgan fingerprint density at radius 2 is 0.929 bits per heavy atom. The molecule has 1 aromatic rings. The molecule has 14 heavy (non-hydrogen) atoms. The average molecular weight is 553 g/mol. The third-order valence-corrected chi connectivity index (χ3v) is 2.81. The van der Waals surface area contributed by atoms with E-state index in [4.69, 9.17) is 0 Å². The van der Waals surface area contributed by atoms with E-state index >= 15 is 0 Å². The molecule has 0 saturated carbocycles. The van der Waals surface area contributed by atoms with Gasteiger partial charge in [0.25, 0.3) is 0 Å².